The number of anilines is 1. The van der Waals surface area contributed by atoms with Gasteiger partial charge in [0.15, 0.2) is 0 Å². The van der Waals surface area contributed by atoms with Gasteiger partial charge in [-0.3, -0.25) is 4.98 Å². The molecule has 2 aromatic rings. The highest BCUT2D eigenvalue weighted by molar-refractivity contribution is 7.98. The van der Waals surface area contributed by atoms with Gasteiger partial charge >= 0.3 is 0 Å². The lowest BCUT2D eigenvalue weighted by Crippen LogP contribution is -2.22. The van der Waals surface area contributed by atoms with E-state index in [-0.39, 0.29) is 0 Å². The number of thioether (sulfide) groups is 1. The van der Waals surface area contributed by atoms with Crippen molar-refractivity contribution in [2.75, 3.05) is 24.7 Å². The lowest BCUT2D eigenvalue weighted by atomic mass is 10.1. The summed E-state index contributed by atoms with van der Waals surface area (Å²) < 4.78 is 0. The topological polar surface area (TPSA) is 42.2 Å². The Morgan fingerprint density at radius 3 is 2.60 bits per heavy atom. The summed E-state index contributed by atoms with van der Waals surface area (Å²) >= 11 is 1.75. The number of likely N-dealkylation sites (N-methyl/N-ethyl adjacent to an activating group) is 1. The molecule has 0 aliphatic rings. The van der Waals surface area contributed by atoms with E-state index in [1.165, 1.54) is 21.7 Å². The molecule has 0 aliphatic heterocycles. The van der Waals surface area contributed by atoms with Crippen molar-refractivity contribution >= 4 is 17.4 Å². The van der Waals surface area contributed by atoms with E-state index in [4.69, 9.17) is 5.73 Å². The predicted octanol–water partition coefficient (Wildman–Crippen LogP) is 2.94. The Balaban J connectivity index is 2.11. The van der Waals surface area contributed by atoms with Crippen LogP contribution in [0, 0.1) is 0 Å². The van der Waals surface area contributed by atoms with Crippen molar-refractivity contribution < 1.29 is 0 Å². The summed E-state index contributed by atoms with van der Waals surface area (Å²) in [6.45, 7) is 1.54. The molecule has 0 unspecified atom stereocenters. The Kier molecular flexibility index (Phi) is 5.44. The molecule has 0 fully saturated rings. The zero-order valence-electron chi connectivity index (χ0n) is 12.0. The molecule has 0 bridgehead atoms. The minimum absolute atomic E-state index is 0.575. The first-order chi connectivity index (χ1) is 9.76. The number of nitrogens with zero attached hydrogens (tertiary/aromatic N) is 2. The number of benzene rings is 1. The Hall–Kier alpha value is -1.52. The molecule has 0 radical (unpaired) electrons. The van der Waals surface area contributed by atoms with E-state index in [1.54, 1.807) is 11.8 Å². The van der Waals surface area contributed by atoms with Crippen LogP contribution >= 0.6 is 11.8 Å². The third-order valence-corrected chi connectivity index (χ3v) is 4.25. The summed E-state index contributed by atoms with van der Waals surface area (Å²) in [5, 5.41) is 0. The van der Waals surface area contributed by atoms with Crippen molar-refractivity contribution in [2.24, 2.45) is 5.73 Å². The van der Waals surface area contributed by atoms with Gasteiger partial charge < -0.3 is 10.6 Å². The molecule has 1 aromatic heterocycles. The molecule has 0 saturated carbocycles. The minimum Gasteiger partial charge on any atom is -0.374 e. The second kappa shape index (κ2) is 7.31. The van der Waals surface area contributed by atoms with Gasteiger partial charge in [-0.1, -0.05) is 6.07 Å². The van der Waals surface area contributed by atoms with Crippen LogP contribution in [-0.4, -0.2) is 24.8 Å². The highest BCUT2D eigenvalue weighted by atomic mass is 32.2. The molecule has 0 aliphatic carbocycles. The van der Waals surface area contributed by atoms with Gasteiger partial charge in [0.25, 0.3) is 0 Å². The summed E-state index contributed by atoms with van der Waals surface area (Å²) in [6, 6.07) is 10.5. The standard InChI is InChI=1S/C16H21N3S/c1-19(11-8-13-6-9-18-10-7-13)15-4-3-5-16(20-2)14(15)12-17/h3-7,9-10H,8,11-12,17H2,1-2H3. The van der Waals surface area contributed by atoms with Crippen LogP contribution in [0.1, 0.15) is 11.1 Å². The fourth-order valence-electron chi connectivity index (χ4n) is 2.27. The van der Waals surface area contributed by atoms with Crippen molar-refractivity contribution in [3.8, 4) is 0 Å². The van der Waals surface area contributed by atoms with E-state index in [0.29, 0.717) is 6.54 Å². The molecule has 0 amide bonds. The summed E-state index contributed by atoms with van der Waals surface area (Å²) in [6.07, 6.45) is 6.78. The average molecular weight is 287 g/mol. The maximum atomic E-state index is 5.92. The molecule has 0 saturated heterocycles. The van der Waals surface area contributed by atoms with Gasteiger partial charge in [0, 0.05) is 48.7 Å². The van der Waals surface area contributed by atoms with Crippen molar-refractivity contribution in [3.05, 3.63) is 53.9 Å². The van der Waals surface area contributed by atoms with Gasteiger partial charge in [0.1, 0.15) is 0 Å². The SMILES string of the molecule is CSc1cccc(N(C)CCc2ccncc2)c1CN. The second-order valence-corrected chi connectivity index (χ2v) is 5.54. The first-order valence-corrected chi connectivity index (χ1v) is 7.94. The van der Waals surface area contributed by atoms with Crippen LogP contribution < -0.4 is 10.6 Å². The number of pyridine rings is 1. The van der Waals surface area contributed by atoms with Gasteiger partial charge in [0.05, 0.1) is 0 Å². The third kappa shape index (κ3) is 3.52. The lowest BCUT2D eigenvalue weighted by Gasteiger charge is -2.23. The van der Waals surface area contributed by atoms with E-state index >= 15 is 0 Å². The van der Waals surface area contributed by atoms with Crippen molar-refractivity contribution in [1.82, 2.24) is 4.98 Å². The van der Waals surface area contributed by atoms with Crippen LogP contribution in [0.15, 0.2) is 47.6 Å². The smallest absolute Gasteiger partial charge is 0.0420 e. The number of rotatable bonds is 6. The zero-order valence-corrected chi connectivity index (χ0v) is 12.9. The Bertz CT molecular complexity index is 543. The third-order valence-electron chi connectivity index (χ3n) is 3.43. The second-order valence-electron chi connectivity index (χ2n) is 4.69. The molecular formula is C16H21N3S. The van der Waals surface area contributed by atoms with Gasteiger partial charge in [-0.25, -0.2) is 0 Å². The highest BCUT2D eigenvalue weighted by Crippen LogP contribution is 2.28. The van der Waals surface area contributed by atoms with Crippen LogP contribution in [0.2, 0.25) is 0 Å². The zero-order chi connectivity index (χ0) is 14.4. The molecule has 0 spiro atoms. The maximum absolute atomic E-state index is 5.92. The molecule has 4 heteroatoms. The Morgan fingerprint density at radius 2 is 1.95 bits per heavy atom. The molecule has 0 atom stereocenters. The number of hydrogen-bond acceptors (Lipinski definition) is 4. The van der Waals surface area contributed by atoms with Crippen LogP contribution in [0.3, 0.4) is 0 Å². The summed E-state index contributed by atoms with van der Waals surface area (Å²) in [7, 11) is 2.12. The van der Waals surface area contributed by atoms with E-state index in [0.717, 1.165) is 13.0 Å². The summed E-state index contributed by atoms with van der Waals surface area (Å²) in [5.41, 5.74) is 9.69. The highest BCUT2D eigenvalue weighted by Gasteiger charge is 2.10. The molecule has 1 heterocycles. The molecule has 3 nitrogen and oxygen atoms in total. The predicted molar refractivity (Wildman–Crippen MR) is 87.3 cm³/mol. The van der Waals surface area contributed by atoms with E-state index in [2.05, 4.69) is 53.5 Å². The van der Waals surface area contributed by atoms with E-state index in [9.17, 15) is 0 Å². The molecule has 1 aromatic carbocycles. The fourth-order valence-corrected chi connectivity index (χ4v) is 2.92. The fraction of sp³-hybridized carbons (Fsp3) is 0.312. The molecular weight excluding hydrogens is 266 g/mol. The van der Waals surface area contributed by atoms with Crippen LogP contribution in [0.5, 0.6) is 0 Å². The van der Waals surface area contributed by atoms with Crippen LogP contribution in [0.25, 0.3) is 0 Å². The summed E-state index contributed by atoms with van der Waals surface area (Å²) in [4.78, 5) is 7.59. The van der Waals surface area contributed by atoms with Gasteiger partial charge in [0.2, 0.25) is 0 Å². The number of nitrogens with two attached hydrogens (primary N) is 1. The average Bonchev–Trinajstić information content (AvgIpc) is 2.52. The van der Waals surface area contributed by atoms with Crippen molar-refractivity contribution in [2.45, 2.75) is 17.9 Å². The molecule has 20 heavy (non-hydrogen) atoms. The molecule has 106 valence electrons. The monoisotopic (exact) mass is 287 g/mol. The number of aromatic nitrogens is 1. The Labute approximate surface area is 125 Å². The van der Waals surface area contributed by atoms with Gasteiger partial charge in [-0.2, -0.15) is 0 Å². The first kappa shape index (κ1) is 14.9. The molecule has 2 N–H and O–H groups in total. The van der Waals surface area contributed by atoms with Gasteiger partial charge in [-0.15, -0.1) is 11.8 Å². The quantitative estimate of drug-likeness (QED) is 0.830. The van der Waals surface area contributed by atoms with Crippen molar-refractivity contribution in [1.29, 1.82) is 0 Å². The maximum Gasteiger partial charge on any atom is 0.0420 e. The number of hydrogen-bond donors (Lipinski definition) is 1. The van der Waals surface area contributed by atoms with E-state index < -0.39 is 0 Å². The largest absolute Gasteiger partial charge is 0.374 e. The van der Waals surface area contributed by atoms with Gasteiger partial charge in [-0.05, 0) is 42.5 Å². The van der Waals surface area contributed by atoms with Crippen LogP contribution in [-0.2, 0) is 13.0 Å². The van der Waals surface area contributed by atoms with Crippen LogP contribution in [0.4, 0.5) is 5.69 Å². The first-order valence-electron chi connectivity index (χ1n) is 6.72. The summed E-state index contributed by atoms with van der Waals surface area (Å²) in [5.74, 6) is 0. The van der Waals surface area contributed by atoms with E-state index in [1.807, 2.05) is 12.4 Å². The Morgan fingerprint density at radius 1 is 1.20 bits per heavy atom. The lowest BCUT2D eigenvalue weighted by molar-refractivity contribution is 0.858. The van der Waals surface area contributed by atoms with Crippen molar-refractivity contribution in [3.63, 3.8) is 0 Å². The molecule has 2 rings (SSSR count). The minimum atomic E-state index is 0.575. The normalized spacial score (nSPS) is 10.6.